The lowest BCUT2D eigenvalue weighted by molar-refractivity contribution is 0.155. The van der Waals surface area contributed by atoms with E-state index in [0.717, 1.165) is 6.42 Å². The Bertz CT molecular complexity index is 339. The molecule has 1 aromatic rings. The first kappa shape index (κ1) is 15.6. The monoisotopic (exact) mass is 258 g/mol. The van der Waals surface area contributed by atoms with Crippen LogP contribution in [0.5, 0.6) is 0 Å². The van der Waals surface area contributed by atoms with Crippen LogP contribution in [-0.2, 0) is 4.74 Å². The molecule has 1 rings (SSSR count). The first-order valence-corrected chi connectivity index (χ1v) is 5.37. The number of hydrogen-bond acceptors (Lipinski definition) is 3. The summed E-state index contributed by atoms with van der Waals surface area (Å²) in [7, 11) is 0. The van der Waals surface area contributed by atoms with Crippen LogP contribution in [0.3, 0.4) is 0 Å². The molecular weight excluding hydrogens is 240 g/mol. The Labute approximate surface area is 108 Å². The predicted molar refractivity (Wildman–Crippen MR) is 72.5 cm³/mol. The van der Waals surface area contributed by atoms with Crippen LogP contribution in [0.1, 0.15) is 20.3 Å². The number of amides is 1. The molecule has 1 amide bonds. The van der Waals surface area contributed by atoms with E-state index in [-0.39, 0.29) is 12.4 Å². The van der Waals surface area contributed by atoms with Gasteiger partial charge in [0, 0.05) is 11.4 Å². The maximum absolute atomic E-state index is 11.3. The maximum Gasteiger partial charge on any atom is 0.411 e. The van der Waals surface area contributed by atoms with Crippen LogP contribution in [0.15, 0.2) is 24.3 Å². The Hall–Kier alpha value is -1.42. The summed E-state index contributed by atoms with van der Waals surface area (Å²) in [4.78, 5) is 11.3. The Kier molecular flexibility index (Phi) is 7.14. The molecule has 0 atom stereocenters. The number of anilines is 2. The van der Waals surface area contributed by atoms with Crippen LogP contribution in [0.2, 0.25) is 0 Å². The summed E-state index contributed by atoms with van der Waals surface area (Å²) in [6.07, 6.45) is 0.445. The molecule has 0 saturated carbocycles. The fourth-order valence-electron chi connectivity index (χ4n) is 1.11. The summed E-state index contributed by atoms with van der Waals surface area (Å²) in [6.45, 7) is 4.61. The highest BCUT2D eigenvalue weighted by molar-refractivity contribution is 5.85. The molecule has 0 radical (unpaired) electrons. The van der Waals surface area contributed by atoms with Crippen LogP contribution in [0.4, 0.5) is 16.2 Å². The van der Waals surface area contributed by atoms with Crippen molar-refractivity contribution in [2.75, 3.05) is 17.7 Å². The lowest BCUT2D eigenvalue weighted by atomic mass is 10.1. The lowest BCUT2D eigenvalue weighted by Crippen LogP contribution is -2.15. The fourth-order valence-corrected chi connectivity index (χ4v) is 1.11. The molecule has 0 aliphatic carbocycles. The van der Waals surface area contributed by atoms with Crippen molar-refractivity contribution in [3.63, 3.8) is 0 Å². The third kappa shape index (κ3) is 6.68. The number of nitrogens with one attached hydrogen (secondary N) is 1. The van der Waals surface area contributed by atoms with Crippen LogP contribution >= 0.6 is 12.4 Å². The summed E-state index contributed by atoms with van der Waals surface area (Å²) in [6, 6.07) is 6.92. The molecule has 5 heteroatoms. The van der Waals surface area contributed by atoms with E-state index in [1.165, 1.54) is 0 Å². The molecule has 3 N–H and O–H groups in total. The highest BCUT2D eigenvalue weighted by Gasteiger charge is 2.03. The molecule has 0 heterocycles. The number of carbonyl (C=O) groups is 1. The largest absolute Gasteiger partial charge is 0.449 e. The summed E-state index contributed by atoms with van der Waals surface area (Å²) in [5.41, 5.74) is 6.88. The molecule has 17 heavy (non-hydrogen) atoms. The average Bonchev–Trinajstić information content (AvgIpc) is 2.21. The van der Waals surface area contributed by atoms with Gasteiger partial charge in [-0.25, -0.2) is 4.79 Å². The lowest BCUT2D eigenvalue weighted by Gasteiger charge is -2.08. The van der Waals surface area contributed by atoms with Gasteiger partial charge in [-0.15, -0.1) is 12.4 Å². The van der Waals surface area contributed by atoms with Crippen molar-refractivity contribution >= 4 is 29.9 Å². The second kappa shape index (κ2) is 7.79. The number of nitrogen functional groups attached to an aromatic ring is 1. The Morgan fingerprint density at radius 3 is 2.47 bits per heavy atom. The van der Waals surface area contributed by atoms with Crippen molar-refractivity contribution in [1.82, 2.24) is 0 Å². The molecular formula is C12H19ClN2O2. The summed E-state index contributed by atoms with van der Waals surface area (Å²) < 4.78 is 5.01. The van der Waals surface area contributed by atoms with Crippen molar-refractivity contribution in [2.45, 2.75) is 20.3 Å². The summed E-state index contributed by atoms with van der Waals surface area (Å²) in [5, 5.41) is 2.63. The zero-order valence-corrected chi connectivity index (χ0v) is 10.9. The third-order valence-electron chi connectivity index (χ3n) is 2.09. The maximum atomic E-state index is 11.3. The molecule has 0 unspecified atom stereocenters. The molecule has 1 aromatic carbocycles. The third-order valence-corrected chi connectivity index (χ3v) is 2.09. The number of benzene rings is 1. The fraction of sp³-hybridized carbons (Fsp3) is 0.417. The highest BCUT2D eigenvalue weighted by atomic mass is 35.5. The summed E-state index contributed by atoms with van der Waals surface area (Å²) in [5.74, 6) is 0.532. The number of carbonyl (C=O) groups excluding carboxylic acids is 1. The smallest absolute Gasteiger partial charge is 0.411 e. The Balaban J connectivity index is 0.00000256. The van der Waals surface area contributed by atoms with Gasteiger partial charge in [-0.1, -0.05) is 13.8 Å². The first-order valence-electron chi connectivity index (χ1n) is 5.37. The van der Waals surface area contributed by atoms with Gasteiger partial charge in [0.25, 0.3) is 0 Å². The van der Waals surface area contributed by atoms with Crippen LogP contribution < -0.4 is 11.1 Å². The Morgan fingerprint density at radius 1 is 1.35 bits per heavy atom. The Morgan fingerprint density at radius 2 is 1.94 bits per heavy atom. The number of halogens is 1. The van der Waals surface area contributed by atoms with E-state index < -0.39 is 6.09 Å². The van der Waals surface area contributed by atoms with E-state index in [0.29, 0.717) is 23.9 Å². The highest BCUT2D eigenvalue weighted by Crippen LogP contribution is 2.10. The molecule has 0 spiro atoms. The average molecular weight is 259 g/mol. The number of hydrogen-bond donors (Lipinski definition) is 2. The molecule has 0 saturated heterocycles. The second-order valence-electron chi connectivity index (χ2n) is 4.07. The molecule has 0 aliphatic heterocycles. The van der Waals surface area contributed by atoms with Crippen molar-refractivity contribution in [3.05, 3.63) is 24.3 Å². The van der Waals surface area contributed by atoms with Gasteiger partial charge in [-0.05, 0) is 36.6 Å². The second-order valence-corrected chi connectivity index (χ2v) is 4.07. The van der Waals surface area contributed by atoms with Crippen molar-refractivity contribution < 1.29 is 9.53 Å². The minimum Gasteiger partial charge on any atom is -0.449 e. The van der Waals surface area contributed by atoms with Gasteiger partial charge in [-0.3, -0.25) is 5.32 Å². The normalized spacial score (nSPS) is 9.59. The van der Waals surface area contributed by atoms with Gasteiger partial charge in [0.2, 0.25) is 0 Å². The van der Waals surface area contributed by atoms with Crippen molar-refractivity contribution in [1.29, 1.82) is 0 Å². The zero-order chi connectivity index (χ0) is 12.0. The molecule has 0 bridgehead atoms. The van der Waals surface area contributed by atoms with Crippen molar-refractivity contribution in [3.8, 4) is 0 Å². The minimum absolute atomic E-state index is 0. The van der Waals surface area contributed by atoms with Crippen LogP contribution in [0.25, 0.3) is 0 Å². The van der Waals surface area contributed by atoms with Gasteiger partial charge in [0.15, 0.2) is 0 Å². The van der Waals surface area contributed by atoms with Crippen molar-refractivity contribution in [2.24, 2.45) is 5.92 Å². The topological polar surface area (TPSA) is 64.3 Å². The van der Waals surface area contributed by atoms with E-state index >= 15 is 0 Å². The number of rotatable bonds is 4. The molecule has 0 aliphatic rings. The standard InChI is InChI=1S/C12H18N2O2.ClH/c1-9(2)7-8-16-12(15)14-11-5-3-10(13)4-6-11;/h3-6,9H,7-8,13H2,1-2H3,(H,14,15);1H. The number of nitrogens with two attached hydrogens (primary N) is 1. The van der Waals surface area contributed by atoms with Gasteiger partial charge in [0.05, 0.1) is 6.61 Å². The van der Waals surface area contributed by atoms with E-state index in [1.54, 1.807) is 24.3 Å². The molecule has 0 fully saturated rings. The van der Waals surface area contributed by atoms with Crippen LogP contribution in [0, 0.1) is 5.92 Å². The predicted octanol–water partition coefficient (Wildman–Crippen LogP) is 3.29. The van der Waals surface area contributed by atoms with E-state index in [2.05, 4.69) is 19.2 Å². The quantitative estimate of drug-likeness (QED) is 0.815. The molecule has 0 aromatic heterocycles. The van der Waals surface area contributed by atoms with Gasteiger partial charge >= 0.3 is 6.09 Å². The first-order chi connectivity index (χ1) is 7.58. The van der Waals surface area contributed by atoms with E-state index in [1.807, 2.05) is 0 Å². The van der Waals surface area contributed by atoms with Gasteiger partial charge in [0.1, 0.15) is 0 Å². The number of ether oxygens (including phenoxy) is 1. The molecule has 96 valence electrons. The minimum atomic E-state index is -0.426. The van der Waals surface area contributed by atoms with Gasteiger partial charge < -0.3 is 10.5 Å². The molecule has 4 nitrogen and oxygen atoms in total. The zero-order valence-electron chi connectivity index (χ0n) is 10.1. The van der Waals surface area contributed by atoms with E-state index in [9.17, 15) is 4.79 Å². The van der Waals surface area contributed by atoms with E-state index in [4.69, 9.17) is 10.5 Å². The van der Waals surface area contributed by atoms with Crippen LogP contribution in [-0.4, -0.2) is 12.7 Å². The summed E-state index contributed by atoms with van der Waals surface area (Å²) >= 11 is 0. The SMILES string of the molecule is CC(C)CCOC(=O)Nc1ccc(N)cc1.Cl. The van der Waals surface area contributed by atoms with Gasteiger partial charge in [-0.2, -0.15) is 0 Å².